The van der Waals surface area contributed by atoms with Gasteiger partial charge in [0, 0.05) is 11.7 Å². The van der Waals surface area contributed by atoms with Gasteiger partial charge in [0.25, 0.3) is 0 Å². The molecule has 1 saturated carbocycles. The summed E-state index contributed by atoms with van der Waals surface area (Å²) in [5, 5.41) is 6.42. The van der Waals surface area contributed by atoms with Gasteiger partial charge in [0.05, 0.1) is 0 Å². The van der Waals surface area contributed by atoms with Crippen LogP contribution in [0.2, 0.25) is 0 Å². The Morgan fingerprint density at radius 3 is 2.38 bits per heavy atom. The smallest absolute Gasteiger partial charge is 0.242 e. The fourth-order valence-electron chi connectivity index (χ4n) is 2.86. The molecular formula is C18H28N2O. The van der Waals surface area contributed by atoms with E-state index < -0.39 is 0 Å². The first-order valence-corrected chi connectivity index (χ1v) is 8.27. The molecule has 2 rings (SSSR count). The normalized spacial score (nSPS) is 18.2. The Balaban J connectivity index is 1.86. The second kappa shape index (κ2) is 7.48. The predicted octanol–water partition coefficient (Wildman–Crippen LogP) is 4.06. The Kier molecular flexibility index (Phi) is 5.66. The van der Waals surface area contributed by atoms with Gasteiger partial charge in [0.15, 0.2) is 0 Å². The van der Waals surface area contributed by atoms with Crippen molar-refractivity contribution in [3.8, 4) is 0 Å². The second-order valence-corrected chi connectivity index (χ2v) is 6.29. The van der Waals surface area contributed by atoms with Gasteiger partial charge in [-0.3, -0.25) is 4.79 Å². The summed E-state index contributed by atoms with van der Waals surface area (Å²) in [6, 6.07) is 8.63. The van der Waals surface area contributed by atoms with E-state index in [1.165, 1.54) is 18.4 Å². The van der Waals surface area contributed by atoms with Crippen LogP contribution >= 0.6 is 0 Å². The monoisotopic (exact) mass is 288 g/mol. The summed E-state index contributed by atoms with van der Waals surface area (Å²) < 4.78 is 0. The highest BCUT2D eigenvalue weighted by Crippen LogP contribution is 2.21. The molecule has 0 spiro atoms. The Bertz CT molecular complexity index is 449. The third kappa shape index (κ3) is 4.48. The molecule has 1 amide bonds. The lowest BCUT2D eigenvalue weighted by molar-refractivity contribution is -0.122. The largest absolute Gasteiger partial charge is 0.374 e. The van der Waals surface area contributed by atoms with Crippen LogP contribution in [0.5, 0.6) is 0 Å². The number of hydrogen-bond acceptors (Lipinski definition) is 2. The maximum atomic E-state index is 12.2. The van der Waals surface area contributed by atoms with Gasteiger partial charge >= 0.3 is 0 Å². The Morgan fingerprint density at radius 2 is 1.81 bits per heavy atom. The van der Waals surface area contributed by atoms with Crippen LogP contribution in [0, 0.1) is 0 Å². The number of hydrogen-bond donors (Lipinski definition) is 2. The molecule has 1 aromatic carbocycles. The first-order valence-electron chi connectivity index (χ1n) is 8.27. The molecule has 0 heterocycles. The Labute approximate surface area is 128 Å². The number of anilines is 1. The zero-order chi connectivity index (χ0) is 15.2. The Hall–Kier alpha value is -1.51. The van der Waals surface area contributed by atoms with Crippen LogP contribution in [0.4, 0.5) is 5.69 Å². The number of carbonyl (C=O) groups is 1. The van der Waals surface area contributed by atoms with Crippen LogP contribution in [0.25, 0.3) is 0 Å². The first kappa shape index (κ1) is 15.9. The molecule has 1 fully saturated rings. The lowest BCUT2D eigenvalue weighted by atomic mass is 9.98. The fourth-order valence-corrected chi connectivity index (χ4v) is 2.86. The summed E-state index contributed by atoms with van der Waals surface area (Å²) >= 11 is 0. The molecule has 21 heavy (non-hydrogen) atoms. The minimum absolute atomic E-state index is 0.105. The highest BCUT2D eigenvalue weighted by Gasteiger charge is 2.20. The lowest BCUT2D eigenvalue weighted by Gasteiger charge is -2.19. The van der Waals surface area contributed by atoms with Crippen molar-refractivity contribution >= 4 is 11.6 Å². The molecule has 2 atom stereocenters. The number of carbonyl (C=O) groups excluding carboxylic acids is 1. The molecule has 0 saturated heterocycles. The molecule has 2 N–H and O–H groups in total. The van der Waals surface area contributed by atoms with E-state index in [1.54, 1.807) is 0 Å². The van der Waals surface area contributed by atoms with E-state index in [-0.39, 0.29) is 11.9 Å². The maximum Gasteiger partial charge on any atom is 0.242 e. The molecule has 3 nitrogen and oxygen atoms in total. The fraction of sp³-hybridized carbons (Fsp3) is 0.611. The summed E-state index contributed by atoms with van der Waals surface area (Å²) in [5.41, 5.74) is 2.36. The van der Waals surface area contributed by atoms with E-state index in [9.17, 15) is 4.79 Å². The van der Waals surface area contributed by atoms with Crippen molar-refractivity contribution < 1.29 is 4.79 Å². The summed E-state index contributed by atoms with van der Waals surface area (Å²) in [5.74, 6) is 0.690. The third-order valence-electron chi connectivity index (χ3n) is 4.57. The Morgan fingerprint density at radius 1 is 1.19 bits per heavy atom. The summed E-state index contributed by atoms with van der Waals surface area (Å²) in [4.78, 5) is 12.2. The van der Waals surface area contributed by atoms with E-state index in [4.69, 9.17) is 0 Å². The van der Waals surface area contributed by atoms with Crippen molar-refractivity contribution in [2.45, 2.75) is 70.9 Å². The van der Waals surface area contributed by atoms with Crippen molar-refractivity contribution in [3.63, 3.8) is 0 Å². The molecule has 3 heteroatoms. The molecule has 1 aromatic rings. The lowest BCUT2D eigenvalue weighted by Crippen LogP contribution is -2.42. The van der Waals surface area contributed by atoms with Gasteiger partial charge in [0.2, 0.25) is 5.91 Å². The number of amides is 1. The molecular weight excluding hydrogens is 260 g/mol. The van der Waals surface area contributed by atoms with Gasteiger partial charge in [-0.15, -0.1) is 0 Å². The van der Waals surface area contributed by atoms with Crippen LogP contribution in [-0.4, -0.2) is 18.0 Å². The zero-order valence-corrected chi connectivity index (χ0v) is 13.5. The van der Waals surface area contributed by atoms with Crippen LogP contribution in [0.1, 0.15) is 64.4 Å². The van der Waals surface area contributed by atoms with Gasteiger partial charge in [-0.1, -0.05) is 38.8 Å². The molecule has 0 unspecified atom stereocenters. The number of nitrogens with one attached hydrogen (secondary N) is 2. The van der Waals surface area contributed by atoms with Crippen LogP contribution < -0.4 is 10.6 Å². The minimum atomic E-state index is -0.194. The van der Waals surface area contributed by atoms with Gasteiger partial charge in [-0.2, -0.15) is 0 Å². The van der Waals surface area contributed by atoms with Gasteiger partial charge in [0.1, 0.15) is 6.04 Å². The van der Waals surface area contributed by atoms with E-state index in [2.05, 4.69) is 48.7 Å². The average molecular weight is 288 g/mol. The third-order valence-corrected chi connectivity index (χ3v) is 4.57. The van der Waals surface area contributed by atoms with Crippen molar-refractivity contribution in [2.75, 3.05) is 5.32 Å². The maximum absolute atomic E-state index is 12.2. The average Bonchev–Trinajstić information content (AvgIpc) is 3.00. The summed E-state index contributed by atoms with van der Waals surface area (Å²) in [6.07, 6.45) is 5.88. The molecule has 0 aliphatic heterocycles. The molecule has 116 valence electrons. The van der Waals surface area contributed by atoms with Crippen LogP contribution in [-0.2, 0) is 4.79 Å². The van der Waals surface area contributed by atoms with Crippen molar-refractivity contribution in [1.82, 2.24) is 5.32 Å². The van der Waals surface area contributed by atoms with Crippen LogP contribution in [0.15, 0.2) is 24.3 Å². The van der Waals surface area contributed by atoms with Crippen molar-refractivity contribution in [1.29, 1.82) is 0 Å². The summed E-state index contributed by atoms with van der Waals surface area (Å²) in [6.45, 7) is 6.36. The number of benzene rings is 1. The van der Waals surface area contributed by atoms with E-state index in [0.29, 0.717) is 12.0 Å². The van der Waals surface area contributed by atoms with Gasteiger partial charge in [-0.25, -0.2) is 0 Å². The number of rotatable bonds is 6. The van der Waals surface area contributed by atoms with E-state index in [0.717, 1.165) is 24.9 Å². The standard InChI is InChI=1S/C18H28N2O/c1-4-13(2)15-9-11-17(12-10-15)19-14(3)18(21)20-16-7-5-6-8-16/h9-14,16,19H,4-8H2,1-3H3,(H,20,21)/t13-,14+/m1/s1. The highest BCUT2D eigenvalue weighted by atomic mass is 16.2. The summed E-state index contributed by atoms with van der Waals surface area (Å²) in [7, 11) is 0. The quantitative estimate of drug-likeness (QED) is 0.829. The molecule has 0 bridgehead atoms. The zero-order valence-electron chi connectivity index (χ0n) is 13.5. The predicted molar refractivity (Wildman–Crippen MR) is 88.6 cm³/mol. The van der Waals surface area contributed by atoms with E-state index in [1.807, 2.05) is 6.92 Å². The van der Waals surface area contributed by atoms with Crippen molar-refractivity contribution in [3.05, 3.63) is 29.8 Å². The van der Waals surface area contributed by atoms with Crippen LogP contribution in [0.3, 0.4) is 0 Å². The van der Waals surface area contributed by atoms with Gasteiger partial charge in [-0.05, 0) is 49.8 Å². The SMILES string of the molecule is CC[C@@H](C)c1ccc(N[C@@H](C)C(=O)NC2CCCC2)cc1. The van der Waals surface area contributed by atoms with E-state index >= 15 is 0 Å². The van der Waals surface area contributed by atoms with Gasteiger partial charge < -0.3 is 10.6 Å². The highest BCUT2D eigenvalue weighted by molar-refractivity contribution is 5.84. The molecule has 0 radical (unpaired) electrons. The second-order valence-electron chi connectivity index (χ2n) is 6.29. The molecule has 1 aliphatic carbocycles. The first-order chi connectivity index (χ1) is 10.1. The molecule has 1 aliphatic rings. The van der Waals surface area contributed by atoms with Crippen molar-refractivity contribution in [2.24, 2.45) is 0 Å². The topological polar surface area (TPSA) is 41.1 Å². The minimum Gasteiger partial charge on any atom is -0.374 e. The molecule has 0 aromatic heterocycles.